The van der Waals surface area contributed by atoms with E-state index in [0.29, 0.717) is 5.01 Å². The molecule has 1 aromatic carbocycles. The second kappa shape index (κ2) is 4.03. The molecule has 3 aromatic rings. The molecule has 0 atom stereocenters. The van der Waals surface area contributed by atoms with Crippen LogP contribution in [0.3, 0.4) is 0 Å². The van der Waals surface area contributed by atoms with Crippen molar-refractivity contribution in [2.24, 2.45) is 7.05 Å². The summed E-state index contributed by atoms with van der Waals surface area (Å²) in [5.41, 5.74) is 3.90. The van der Waals surface area contributed by atoms with Crippen molar-refractivity contribution in [3.63, 3.8) is 0 Å². The standard InChI is InChI=1S/C13H11N3OS/c1-8-13(15-12(6-17)18-8)9-3-4-11-10(5-9)14-7-16(11)2/h3-7H,1-2H3. The Hall–Kier alpha value is -2.01. The van der Waals surface area contributed by atoms with E-state index in [0.717, 1.165) is 33.5 Å². The minimum absolute atomic E-state index is 0.517. The van der Waals surface area contributed by atoms with Crippen molar-refractivity contribution < 1.29 is 4.79 Å². The number of imidazole rings is 1. The summed E-state index contributed by atoms with van der Waals surface area (Å²) in [6, 6.07) is 6.05. The van der Waals surface area contributed by atoms with Gasteiger partial charge in [0.05, 0.1) is 23.1 Å². The first-order chi connectivity index (χ1) is 8.69. The lowest BCUT2D eigenvalue weighted by atomic mass is 10.1. The number of aldehydes is 1. The second-order valence-electron chi connectivity index (χ2n) is 4.13. The van der Waals surface area contributed by atoms with Gasteiger partial charge in [-0.1, -0.05) is 6.07 Å². The lowest BCUT2D eigenvalue weighted by Gasteiger charge is -1.99. The van der Waals surface area contributed by atoms with Crippen LogP contribution in [0.15, 0.2) is 24.5 Å². The molecule has 0 fully saturated rings. The van der Waals surface area contributed by atoms with Gasteiger partial charge in [0.1, 0.15) is 0 Å². The van der Waals surface area contributed by atoms with Crippen LogP contribution in [0.25, 0.3) is 22.3 Å². The third-order valence-electron chi connectivity index (χ3n) is 2.91. The highest BCUT2D eigenvalue weighted by molar-refractivity contribution is 7.13. The summed E-state index contributed by atoms with van der Waals surface area (Å²) >= 11 is 1.42. The van der Waals surface area contributed by atoms with Gasteiger partial charge in [-0.15, -0.1) is 11.3 Å². The fourth-order valence-corrected chi connectivity index (χ4v) is 2.78. The predicted molar refractivity (Wildman–Crippen MR) is 71.9 cm³/mol. The topological polar surface area (TPSA) is 47.8 Å². The lowest BCUT2D eigenvalue weighted by molar-refractivity contribution is 0.112. The van der Waals surface area contributed by atoms with Gasteiger partial charge in [0.25, 0.3) is 0 Å². The SMILES string of the molecule is Cc1sc(C=O)nc1-c1ccc2c(c1)ncn2C. The number of carbonyl (C=O) groups is 1. The lowest BCUT2D eigenvalue weighted by Crippen LogP contribution is -1.85. The van der Waals surface area contributed by atoms with Gasteiger partial charge in [0.15, 0.2) is 11.3 Å². The van der Waals surface area contributed by atoms with E-state index in [1.807, 2.05) is 36.7 Å². The average molecular weight is 257 g/mol. The first-order valence-corrected chi connectivity index (χ1v) is 6.35. The molecule has 4 nitrogen and oxygen atoms in total. The van der Waals surface area contributed by atoms with E-state index < -0.39 is 0 Å². The van der Waals surface area contributed by atoms with E-state index in [1.165, 1.54) is 11.3 Å². The molecule has 0 unspecified atom stereocenters. The minimum Gasteiger partial charge on any atom is -0.334 e. The molecular weight excluding hydrogens is 246 g/mol. The number of hydrogen-bond donors (Lipinski definition) is 0. The van der Waals surface area contributed by atoms with Crippen molar-refractivity contribution in [2.75, 3.05) is 0 Å². The molecule has 0 spiro atoms. The molecule has 0 saturated heterocycles. The van der Waals surface area contributed by atoms with Crippen molar-refractivity contribution in [1.29, 1.82) is 0 Å². The fraction of sp³-hybridized carbons (Fsp3) is 0.154. The van der Waals surface area contributed by atoms with Crippen LogP contribution in [0.4, 0.5) is 0 Å². The summed E-state index contributed by atoms with van der Waals surface area (Å²) in [6.45, 7) is 1.97. The number of carbonyl (C=O) groups excluding carboxylic acids is 1. The van der Waals surface area contributed by atoms with Crippen molar-refractivity contribution in [1.82, 2.24) is 14.5 Å². The molecule has 0 aliphatic heterocycles. The molecule has 0 aliphatic carbocycles. The summed E-state index contributed by atoms with van der Waals surface area (Å²) in [6.07, 6.45) is 2.58. The molecule has 90 valence electrons. The van der Waals surface area contributed by atoms with Crippen LogP contribution in [-0.2, 0) is 7.05 Å². The normalized spacial score (nSPS) is 11.0. The van der Waals surface area contributed by atoms with Crippen molar-refractivity contribution >= 4 is 28.7 Å². The summed E-state index contributed by atoms with van der Waals surface area (Å²) < 4.78 is 1.98. The van der Waals surface area contributed by atoms with Gasteiger partial charge in [-0.25, -0.2) is 9.97 Å². The Morgan fingerprint density at radius 1 is 1.39 bits per heavy atom. The van der Waals surface area contributed by atoms with Gasteiger partial charge in [0.2, 0.25) is 0 Å². The molecule has 0 amide bonds. The van der Waals surface area contributed by atoms with Crippen LogP contribution in [0.5, 0.6) is 0 Å². The molecule has 0 saturated carbocycles. The van der Waals surface area contributed by atoms with Crippen molar-refractivity contribution in [3.05, 3.63) is 34.4 Å². The van der Waals surface area contributed by atoms with Crippen LogP contribution in [0.1, 0.15) is 14.7 Å². The average Bonchev–Trinajstić information content (AvgIpc) is 2.93. The Balaban J connectivity index is 2.18. The second-order valence-corrected chi connectivity index (χ2v) is 5.37. The molecular formula is C13H11N3OS. The zero-order valence-corrected chi connectivity index (χ0v) is 10.9. The summed E-state index contributed by atoms with van der Waals surface area (Å²) in [5, 5.41) is 0.517. The molecule has 0 N–H and O–H groups in total. The number of fused-ring (bicyclic) bond motifs is 1. The van der Waals surface area contributed by atoms with E-state index in [-0.39, 0.29) is 0 Å². The Bertz CT molecular complexity index is 742. The highest BCUT2D eigenvalue weighted by Crippen LogP contribution is 2.28. The van der Waals surface area contributed by atoms with Crippen molar-refractivity contribution in [3.8, 4) is 11.3 Å². The molecule has 0 bridgehead atoms. The number of hydrogen-bond acceptors (Lipinski definition) is 4. The number of aromatic nitrogens is 3. The largest absolute Gasteiger partial charge is 0.334 e. The van der Waals surface area contributed by atoms with Crippen LogP contribution >= 0.6 is 11.3 Å². The molecule has 5 heteroatoms. The third-order valence-corrected chi connectivity index (χ3v) is 3.81. The number of thiazole rings is 1. The van der Waals surface area contributed by atoms with E-state index >= 15 is 0 Å². The van der Waals surface area contributed by atoms with Gasteiger partial charge < -0.3 is 4.57 Å². The maximum absolute atomic E-state index is 10.8. The Kier molecular flexibility index (Phi) is 2.48. The first-order valence-electron chi connectivity index (χ1n) is 5.53. The van der Waals surface area contributed by atoms with Gasteiger partial charge in [-0.3, -0.25) is 4.79 Å². The van der Waals surface area contributed by atoms with Crippen molar-refractivity contribution in [2.45, 2.75) is 6.92 Å². The van der Waals surface area contributed by atoms with E-state index in [2.05, 4.69) is 9.97 Å². The van der Waals surface area contributed by atoms with Gasteiger partial charge in [-0.2, -0.15) is 0 Å². The van der Waals surface area contributed by atoms with E-state index in [9.17, 15) is 4.79 Å². The number of aryl methyl sites for hydroxylation is 2. The quantitative estimate of drug-likeness (QED) is 0.663. The van der Waals surface area contributed by atoms with E-state index in [4.69, 9.17) is 0 Å². The molecule has 3 rings (SSSR count). The minimum atomic E-state index is 0.517. The number of nitrogens with zero attached hydrogens (tertiary/aromatic N) is 3. The molecule has 2 heterocycles. The molecule has 2 aromatic heterocycles. The highest BCUT2D eigenvalue weighted by atomic mass is 32.1. The zero-order chi connectivity index (χ0) is 12.7. The zero-order valence-electron chi connectivity index (χ0n) is 10.0. The number of benzene rings is 1. The van der Waals surface area contributed by atoms with Gasteiger partial charge in [0, 0.05) is 17.5 Å². The van der Waals surface area contributed by atoms with Crippen LogP contribution < -0.4 is 0 Å². The molecule has 0 aliphatic rings. The highest BCUT2D eigenvalue weighted by Gasteiger charge is 2.10. The molecule has 0 radical (unpaired) electrons. The monoisotopic (exact) mass is 257 g/mol. The summed E-state index contributed by atoms with van der Waals surface area (Å²) in [5.74, 6) is 0. The maximum atomic E-state index is 10.8. The maximum Gasteiger partial charge on any atom is 0.178 e. The smallest absolute Gasteiger partial charge is 0.178 e. The summed E-state index contributed by atoms with van der Waals surface area (Å²) in [7, 11) is 1.97. The van der Waals surface area contributed by atoms with Crippen LogP contribution in [0, 0.1) is 6.92 Å². The molecule has 18 heavy (non-hydrogen) atoms. The van der Waals surface area contributed by atoms with E-state index in [1.54, 1.807) is 6.33 Å². The van der Waals surface area contributed by atoms with Crippen LogP contribution in [-0.4, -0.2) is 20.8 Å². The Morgan fingerprint density at radius 2 is 2.22 bits per heavy atom. The Labute approximate surface area is 108 Å². The predicted octanol–water partition coefficient (Wildman–Crippen LogP) is 2.82. The van der Waals surface area contributed by atoms with Crippen LogP contribution in [0.2, 0.25) is 0 Å². The third kappa shape index (κ3) is 1.64. The Morgan fingerprint density at radius 3 is 2.94 bits per heavy atom. The van der Waals surface area contributed by atoms with Gasteiger partial charge >= 0.3 is 0 Å². The summed E-state index contributed by atoms with van der Waals surface area (Å²) in [4.78, 5) is 20.5. The fourth-order valence-electron chi connectivity index (χ4n) is 2.02. The first kappa shape index (κ1) is 11.1. The number of rotatable bonds is 2. The van der Waals surface area contributed by atoms with Gasteiger partial charge in [-0.05, 0) is 19.1 Å².